The van der Waals surface area contributed by atoms with Gasteiger partial charge in [-0.2, -0.15) is 0 Å². The predicted octanol–water partition coefficient (Wildman–Crippen LogP) is 5.58. The van der Waals surface area contributed by atoms with E-state index in [2.05, 4.69) is 20.8 Å². The van der Waals surface area contributed by atoms with Crippen LogP contribution in [0, 0.1) is 0 Å². The molecular weight excluding hydrogens is 436 g/mol. The monoisotopic (exact) mass is 460 g/mol. The zero-order valence-corrected chi connectivity index (χ0v) is 19.6. The van der Waals surface area contributed by atoms with E-state index in [1.807, 2.05) is 24.3 Å². The van der Waals surface area contributed by atoms with E-state index in [0.29, 0.717) is 27.4 Å². The number of anilines is 1. The molecule has 168 valence electrons. The van der Waals surface area contributed by atoms with Gasteiger partial charge in [-0.15, -0.1) is 0 Å². The molecule has 0 unspecified atom stereocenters. The molecule has 4 rings (SSSR count). The van der Waals surface area contributed by atoms with Crippen molar-refractivity contribution < 1.29 is 14.4 Å². The van der Waals surface area contributed by atoms with Gasteiger partial charge in [-0.25, -0.2) is 0 Å². The van der Waals surface area contributed by atoms with Crippen LogP contribution in [-0.4, -0.2) is 35.7 Å². The van der Waals surface area contributed by atoms with Crippen LogP contribution < -0.4 is 4.90 Å². The Bertz CT molecular complexity index is 1190. The Hall–Kier alpha value is -3.44. The first-order valence-corrected chi connectivity index (χ1v) is 11.2. The molecule has 0 aliphatic carbocycles. The maximum Gasteiger partial charge on any atom is 0.261 e. The van der Waals surface area contributed by atoms with E-state index in [-0.39, 0.29) is 36.2 Å². The maximum absolute atomic E-state index is 13.4. The molecule has 5 nitrogen and oxygen atoms in total. The van der Waals surface area contributed by atoms with E-state index < -0.39 is 0 Å². The van der Waals surface area contributed by atoms with Crippen LogP contribution in [0.5, 0.6) is 0 Å². The molecule has 0 aromatic heterocycles. The van der Waals surface area contributed by atoms with Gasteiger partial charge in [0, 0.05) is 29.4 Å². The molecule has 33 heavy (non-hydrogen) atoms. The van der Waals surface area contributed by atoms with Crippen molar-refractivity contribution in [3.05, 3.63) is 100 Å². The van der Waals surface area contributed by atoms with Crippen molar-refractivity contribution in [2.24, 2.45) is 0 Å². The van der Waals surface area contributed by atoms with Crippen LogP contribution >= 0.6 is 11.6 Å². The van der Waals surface area contributed by atoms with Gasteiger partial charge >= 0.3 is 0 Å². The summed E-state index contributed by atoms with van der Waals surface area (Å²) < 4.78 is 0. The summed E-state index contributed by atoms with van der Waals surface area (Å²) in [6.45, 7) is 6.61. The molecule has 0 atom stereocenters. The Balaban J connectivity index is 1.63. The highest BCUT2D eigenvalue weighted by Gasteiger charge is 2.35. The van der Waals surface area contributed by atoms with Gasteiger partial charge in [0.05, 0.1) is 11.1 Å². The van der Waals surface area contributed by atoms with E-state index >= 15 is 0 Å². The van der Waals surface area contributed by atoms with Crippen LogP contribution in [-0.2, 0) is 5.41 Å². The van der Waals surface area contributed by atoms with Gasteiger partial charge in [-0.1, -0.05) is 62.7 Å². The molecule has 0 spiro atoms. The third kappa shape index (κ3) is 4.55. The highest BCUT2D eigenvalue weighted by atomic mass is 35.5. The number of halogens is 1. The number of nitrogens with zero attached hydrogens (tertiary/aromatic N) is 2. The summed E-state index contributed by atoms with van der Waals surface area (Å²) >= 11 is 6.11. The molecule has 3 amide bonds. The Morgan fingerprint density at radius 1 is 0.879 bits per heavy atom. The van der Waals surface area contributed by atoms with Crippen molar-refractivity contribution in [1.29, 1.82) is 0 Å². The summed E-state index contributed by atoms with van der Waals surface area (Å²) in [5.41, 5.74) is 3.02. The number of amides is 3. The number of hydrogen-bond donors (Lipinski definition) is 0. The van der Waals surface area contributed by atoms with Crippen molar-refractivity contribution in [2.45, 2.75) is 26.2 Å². The number of benzene rings is 3. The average Bonchev–Trinajstić information content (AvgIpc) is 3.04. The minimum atomic E-state index is -0.339. The van der Waals surface area contributed by atoms with E-state index in [0.717, 1.165) is 5.56 Å². The molecule has 0 fully saturated rings. The highest BCUT2D eigenvalue weighted by molar-refractivity contribution is 6.31. The smallest absolute Gasteiger partial charge is 0.261 e. The van der Waals surface area contributed by atoms with Gasteiger partial charge in [-0.3, -0.25) is 19.3 Å². The molecule has 1 aliphatic heterocycles. The molecule has 0 N–H and O–H groups in total. The molecular formula is C27H25ClN2O3. The molecule has 3 aromatic carbocycles. The molecule has 6 heteroatoms. The lowest BCUT2D eigenvalue weighted by Crippen LogP contribution is -2.41. The first kappa shape index (κ1) is 22.7. The van der Waals surface area contributed by atoms with Gasteiger partial charge < -0.3 is 4.90 Å². The average molecular weight is 461 g/mol. The van der Waals surface area contributed by atoms with E-state index in [4.69, 9.17) is 11.6 Å². The van der Waals surface area contributed by atoms with Crippen molar-refractivity contribution in [3.8, 4) is 0 Å². The minimum Gasteiger partial charge on any atom is -0.307 e. The molecule has 1 heterocycles. The van der Waals surface area contributed by atoms with Gasteiger partial charge in [-0.05, 0) is 53.4 Å². The van der Waals surface area contributed by atoms with Crippen molar-refractivity contribution >= 4 is 35.0 Å². The Kier molecular flexibility index (Phi) is 6.09. The number of hydrogen-bond acceptors (Lipinski definition) is 3. The van der Waals surface area contributed by atoms with Crippen molar-refractivity contribution in [1.82, 2.24) is 4.90 Å². The fourth-order valence-corrected chi connectivity index (χ4v) is 4.10. The summed E-state index contributed by atoms with van der Waals surface area (Å²) in [6.07, 6.45) is 0. The molecule has 1 aliphatic rings. The second-order valence-electron chi connectivity index (χ2n) is 9.07. The number of fused-ring (bicyclic) bond motifs is 1. The van der Waals surface area contributed by atoms with Gasteiger partial charge in [0.2, 0.25) is 0 Å². The normalized spacial score (nSPS) is 13.3. The van der Waals surface area contributed by atoms with Gasteiger partial charge in [0.1, 0.15) is 0 Å². The SMILES string of the molecule is CC(C)(C)c1ccc(N(CCN2C(=O)c3ccccc3C2=O)C(=O)c2cccc(Cl)c2)cc1. The first-order valence-electron chi connectivity index (χ1n) is 10.8. The number of carbonyl (C=O) groups is 3. The van der Waals surface area contributed by atoms with Crippen LogP contribution in [0.1, 0.15) is 57.4 Å². The fourth-order valence-electron chi connectivity index (χ4n) is 3.91. The number of rotatable bonds is 5. The molecule has 0 radical (unpaired) electrons. The van der Waals surface area contributed by atoms with Crippen molar-refractivity contribution in [2.75, 3.05) is 18.0 Å². The van der Waals surface area contributed by atoms with Crippen LogP contribution in [0.25, 0.3) is 0 Å². The first-order chi connectivity index (χ1) is 15.7. The minimum absolute atomic E-state index is 0.0273. The third-order valence-electron chi connectivity index (χ3n) is 5.79. The second kappa shape index (κ2) is 8.83. The summed E-state index contributed by atoms with van der Waals surface area (Å²) in [5, 5.41) is 0.462. The topological polar surface area (TPSA) is 57.7 Å². The Labute approximate surface area is 198 Å². The largest absolute Gasteiger partial charge is 0.307 e. The Morgan fingerprint density at radius 2 is 1.48 bits per heavy atom. The zero-order valence-electron chi connectivity index (χ0n) is 18.8. The lowest BCUT2D eigenvalue weighted by Gasteiger charge is -2.26. The molecule has 3 aromatic rings. The fraction of sp³-hybridized carbons (Fsp3) is 0.222. The lowest BCUT2D eigenvalue weighted by molar-refractivity contribution is 0.0654. The summed E-state index contributed by atoms with van der Waals surface area (Å²) in [6, 6.07) is 21.3. The molecule has 0 saturated heterocycles. The van der Waals surface area contributed by atoms with Crippen molar-refractivity contribution in [3.63, 3.8) is 0 Å². The summed E-state index contributed by atoms with van der Waals surface area (Å²) in [5.74, 6) is -0.930. The zero-order chi connectivity index (χ0) is 23.8. The second-order valence-corrected chi connectivity index (χ2v) is 9.51. The van der Waals surface area contributed by atoms with E-state index in [9.17, 15) is 14.4 Å². The molecule has 0 bridgehead atoms. The van der Waals surface area contributed by atoms with Crippen LogP contribution in [0.4, 0.5) is 5.69 Å². The lowest BCUT2D eigenvalue weighted by atomic mass is 9.87. The van der Waals surface area contributed by atoms with Crippen LogP contribution in [0.2, 0.25) is 5.02 Å². The number of carbonyl (C=O) groups excluding carboxylic acids is 3. The summed E-state index contributed by atoms with van der Waals surface area (Å²) in [4.78, 5) is 41.8. The van der Waals surface area contributed by atoms with E-state index in [1.165, 1.54) is 4.90 Å². The van der Waals surface area contributed by atoms with Gasteiger partial charge in [0.15, 0.2) is 0 Å². The predicted molar refractivity (Wildman–Crippen MR) is 130 cm³/mol. The summed E-state index contributed by atoms with van der Waals surface area (Å²) in [7, 11) is 0. The Morgan fingerprint density at radius 3 is 2.03 bits per heavy atom. The highest BCUT2D eigenvalue weighted by Crippen LogP contribution is 2.27. The quantitative estimate of drug-likeness (QED) is 0.467. The standard InChI is InChI=1S/C27H25ClN2O3/c1-27(2,3)19-11-13-21(14-12-19)29(24(31)18-7-6-8-20(28)17-18)15-16-30-25(32)22-9-4-5-10-23(22)26(30)33/h4-14,17H,15-16H2,1-3H3. The van der Waals surface area contributed by atoms with Gasteiger partial charge in [0.25, 0.3) is 17.7 Å². The van der Waals surface area contributed by atoms with Crippen LogP contribution in [0.15, 0.2) is 72.8 Å². The molecule has 0 saturated carbocycles. The third-order valence-corrected chi connectivity index (χ3v) is 6.02. The maximum atomic E-state index is 13.4. The van der Waals surface area contributed by atoms with Crippen LogP contribution in [0.3, 0.4) is 0 Å². The number of imide groups is 1. The van der Waals surface area contributed by atoms with E-state index in [1.54, 1.807) is 53.4 Å².